The van der Waals surface area contributed by atoms with Crippen LogP contribution in [-0.4, -0.2) is 31.1 Å². The van der Waals surface area contributed by atoms with Crippen molar-refractivity contribution in [2.75, 3.05) is 13.2 Å². The molecule has 6 nitrogen and oxygen atoms in total. The van der Waals surface area contributed by atoms with E-state index in [1.54, 1.807) is 19.1 Å². The zero-order valence-corrected chi connectivity index (χ0v) is 12.1. The number of esters is 1. The van der Waals surface area contributed by atoms with Crippen molar-refractivity contribution < 1.29 is 19.1 Å². The molecular weight excluding hydrogens is 272 g/mol. The van der Waals surface area contributed by atoms with Crippen LogP contribution in [-0.2, 0) is 9.53 Å². The van der Waals surface area contributed by atoms with Gasteiger partial charge >= 0.3 is 12.0 Å². The molecule has 2 N–H and O–H groups in total. The number of nitrogens with one attached hydrogen (secondary N) is 2. The van der Waals surface area contributed by atoms with Crippen molar-refractivity contribution >= 4 is 17.9 Å². The molecule has 0 spiro atoms. The number of benzene rings is 1. The van der Waals surface area contributed by atoms with Gasteiger partial charge in [-0.3, -0.25) is 10.1 Å². The van der Waals surface area contributed by atoms with E-state index in [2.05, 4.69) is 11.9 Å². The second-order valence-corrected chi connectivity index (χ2v) is 4.44. The quantitative estimate of drug-likeness (QED) is 0.635. The molecule has 3 amide bonds. The summed E-state index contributed by atoms with van der Waals surface area (Å²) in [5, 5.41) is 4.40. The normalized spacial score (nSPS) is 9.62. The van der Waals surface area contributed by atoms with Gasteiger partial charge in [-0.05, 0) is 25.5 Å². The lowest BCUT2D eigenvalue weighted by Crippen LogP contribution is -2.41. The van der Waals surface area contributed by atoms with Crippen molar-refractivity contribution in [2.24, 2.45) is 0 Å². The molecule has 0 aliphatic carbocycles. The smallest absolute Gasteiger partial charge is 0.338 e. The van der Waals surface area contributed by atoms with E-state index in [4.69, 9.17) is 4.74 Å². The SMILES string of the molecule is C=CCNC(=O)NC(=O)COC(=O)c1cc(C)ccc1C. The number of amides is 3. The summed E-state index contributed by atoms with van der Waals surface area (Å²) >= 11 is 0. The molecule has 0 aliphatic rings. The van der Waals surface area contributed by atoms with Crippen LogP contribution in [0.1, 0.15) is 21.5 Å². The third kappa shape index (κ3) is 5.48. The van der Waals surface area contributed by atoms with E-state index >= 15 is 0 Å². The van der Waals surface area contributed by atoms with Gasteiger partial charge in [-0.25, -0.2) is 9.59 Å². The Balaban J connectivity index is 2.49. The van der Waals surface area contributed by atoms with Crippen LogP contribution in [0, 0.1) is 13.8 Å². The molecule has 112 valence electrons. The van der Waals surface area contributed by atoms with Gasteiger partial charge in [0, 0.05) is 6.54 Å². The fraction of sp³-hybridized carbons (Fsp3) is 0.267. The molecule has 0 radical (unpaired) electrons. The lowest BCUT2D eigenvalue weighted by atomic mass is 10.1. The standard InChI is InChI=1S/C15H18N2O4/c1-4-7-16-15(20)17-13(18)9-21-14(19)12-8-10(2)5-6-11(12)3/h4-6,8H,1,7,9H2,2-3H3,(H2,16,17,18,20). The van der Waals surface area contributed by atoms with E-state index in [0.717, 1.165) is 11.1 Å². The monoisotopic (exact) mass is 290 g/mol. The first-order valence-electron chi connectivity index (χ1n) is 6.37. The van der Waals surface area contributed by atoms with Crippen molar-refractivity contribution in [1.82, 2.24) is 10.6 Å². The molecule has 0 bridgehead atoms. The minimum absolute atomic E-state index is 0.237. The fourth-order valence-electron chi connectivity index (χ4n) is 1.54. The van der Waals surface area contributed by atoms with Gasteiger partial charge in [0.25, 0.3) is 5.91 Å². The topological polar surface area (TPSA) is 84.5 Å². The third-order valence-electron chi connectivity index (χ3n) is 2.61. The molecule has 1 rings (SSSR count). The lowest BCUT2D eigenvalue weighted by molar-refractivity contribution is -0.123. The fourth-order valence-corrected chi connectivity index (χ4v) is 1.54. The molecule has 0 unspecified atom stereocenters. The Hall–Kier alpha value is -2.63. The summed E-state index contributed by atoms with van der Waals surface area (Å²) in [4.78, 5) is 34.5. The first-order valence-corrected chi connectivity index (χ1v) is 6.37. The summed E-state index contributed by atoms with van der Waals surface area (Å²) in [6.07, 6.45) is 1.48. The number of hydrogen-bond acceptors (Lipinski definition) is 4. The number of rotatable bonds is 5. The van der Waals surface area contributed by atoms with E-state index < -0.39 is 24.5 Å². The van der Waals surface area contributed by atoms with Crippen LogP contribution in [0.5, 0.6) is 0 Å². The van der Waals surface area contributed by atoms with Gasteiger partial charge in [0.15, 0.2) is 6.61 Å². The van der Waals surface area contributed by atoms with Crippen molar-refractivity contribution in [2.45, 2.75) is 13.8 Å². The molecule has 1 aromatic rings. The summed E-state index contributed by atoms with van der Waals surface area (Å²) < 4.78 is 4.88. The number of carbonyl (C=O) groups excluding carboxylic acids is 3. The van der Waals surface area contributed by atoms with Crippen LogP contribution in [0.25, 0.3) is 0 Å². The van der Waals surface area contributed by atoms with Crippen LogP contribution in [0.15, 0.2) is 30.9 Å². The molecule has 0 aromatic heterocycles. The highest BCUT2D eigenvalue weighted by atomic mass is 16.5. The van der Waals surface area contributed by atoms with Crippen LogP contribution >= 0.6 is 0 Å². The van der Waals surface area contributed by atoms with Crippen LogP contribution in [0.2, 0.25) is 0 Å². The maximum atomic E-state index is 11.9. The van der Waals surface area contributed by atoms with Crippen molar-refractivity contribution in [1.29, 1.82) is 0 Å². The highest BCUT2D eigenvalue weighted by molar-refractivity contribution is 5.97. The maximum Gasteiger partial charge on any atom is 0.338 e. The Morgan fingerprint density at radius 1 is 1.29 bits per heavy atom. The molecule has 0 saturated heterocycles. The van der Waals surface area contributed by atoms with E-state index in [9.17, 15) is 14.4 Å². The number of aryl methyl sites for hydroxylation is 2. The van der Waals surface area contributed by atoms with Gasteiger partial charge in [0.05, 0.1) is 5.56 Å². The van der Waals surface area contributed by atoms with Gasteiger partial charge in [0.1, 0.15) is 0 Å². The molecule has 21 heavy (non-hydrogen) atoms. The highest BCUT2D eigenvalue weighted by Gasteiger charge is 2.14. The third-order valence-corrected chi connectivity index (χ3v) is 2.61. The van der Waals surface area contributed by atoms with Gasteiger partial charge in [-0.2, -0.15) is 0 Å². The Morgan fingerprint density at radius 3 is 2.67 bits per heavy atom. The Morgan fingerprint density at radius 2 is 2.00 bits per heavy atom. The molecule has 0 heterocycles. The van der Waals surface area contributed by atoms with E-state index in [1.165, 1.54) is 6.08 Å². The van der Waals surface area contributed by atoms with Crippen molar-refractivity contribution in [3.8, 4) is 0 Å². The average Bonchev–Trinajstić information content (AvgIpc) is 2.45. The van der Waals surface area contributed by atoms with Gasteiger partial charge < -0.3 is 10.1 Å². The number of carbonyl (C=O) groups is 3. The predicted octanol–water partition coefficient (Wildman–Crippen LogP) is 1.47. The molecule has 0 atom stereocenters. The van der Waals surface area contributed by atoms with Crippen LogP contribution in [0.3, 0.4) is 0 Å². The average molecular weight is 290 g/mol. The Kier molecular flexibility index (Phi) is 6.13. The van der Waals surface area contributed by atoms with Crippen LogP contribution in [0.4, 0.5) is 4.79 Å². The molecular formula is C15H18N2O4. The first-order chi connectivity index (χ1) is 9.93. The predicted molar refractivity (Wildman–Crippen MR) is 77.9 cm³/mol. The van der Waals surface area contributed by atoms with E-state index in [0.29, 0.717) is 5.56 Å². The zero-order valence-electron chi connectivity index (χ0n) is 12.1. The minimum Gasteiger partial charge on any atom is -0.452 e. The summed E-state index contributed by atoms with van der Waals surface area (Å²) in [7, 11) is 0. The number of ether oxygens (including phenoxy) is 1. The maximum absolute atomic E-state index is 11.9. The summed E-state index contributed by atoms with van der Waals surface area (Å²) in [5.41, 5.74) is 2.08. The number of imide groups is 1. The van der Waals surface area contributed by atoms with Gasteiger partial charge in [-0.1, -0.05) is 23.8 Å². The number of urea groups is 1. The molecule has 1 aromatic carbocycles. The molecule has 0 saturated carbocycles. The molecule has 0 fully saturated rings. The van der Waals surface area contributed by atoms with Crippen molar-refractivity contribution in [3.63, 3.8) is 0 Å². The zero-order chi connectivity index (χ0) is 15.8. The second kappa shape index (κ2) is 7.84. The number of hydrogen-bond donors (Lipinski definition) is 2. The second-order valence-electron chi connectivity index (χ2n) is 4.44. The lowest BCUT2D eigenvalue weighted by Gasteiger charge is -2.08. The van der Waals surface area contributed by atoms with E-state index in [-0.39, 0.29) is 6.54 Å². The van der Waals surface area contributed by atoms with E-state index in [1.807, 2.05) is 18.3 Å². The minimum atomic E-state index is -0.699. The Labute approximate surface area is 123 Å². The molecule has 0 aliphatic heterocycles. The molecule has 6 heteroatoms. The van der Waals surface area contributed by atoms with Gasteiger partial charge in [-0.15, -0.1) is 6.58 Å². The summed E-state index contributed by atoms with van der Waals surface area (Å²) in [6, 6.07) is 4.70. The Bertz CT molecular complexity index is 567. The van der Waals surface area contributed by atoms with Crippen LogP contribution < -0.4 is 10.6 Å². The highest BCUT2D eigenvalue weighted by Crippen LogP contribution is 2.11. The first kappa shape index (κ1) is 16.4. The van der Waals surface area contributed by atoms with Crippen molar-refractivity contribution in [3.05, 3.63) is 47.5 Å². The largest absolute Gasteiger partial charge is 0.452 e. The summed E-state index contributed by atoms with van der Waals surface area (Å²) in [5.74, 6) is -1.30. The van der Waals surface area contributed by atoms with Gasteiger partial charge in [0.2, 0.25) is 0 Å². The summed E-state index contributed by atoms with van der Waals surface area (Å²) in [6.45, 7) is 6.77.